The minimum Gasteiger partial charge on any atom is -0.389 e. The second-order valence-corrected chi connectivity index (χ2v) is 6.56. The molecule has 1 aliphatic rings. The normalized spacial score (nSPS) is 23.9. The molecule has 0 saturated carbocycles. The summed E-state index contributed by atoms with van der Waals surface area (Å²) in [5.41, 5.74) is -0.190. The Labute approximate surface area is 115 Å². The minimum atomic E-state index is -3.83. The molecule has 0 aliphatic carbocycles. The van der Waals surface area contributed by atoms with Gasteiger partial charge in [0.25, 0.3) is 5.69 Å². The van der Waals surface area contributed by atoms with Crippen molar-refractivity contribution in [1.29, 1.82) is 0 Å². The number of nitrogens with zero attached hydrogens (tertiary/aromatic N) is 2. The van der Waals surface area contributed by atoms with Gasteiger partial charge in [0.1, 0.15) is 0 Å². The Bertz CT molecular complexity index is 607. The van der Waals surface area contributed by atoms with Crippen LogP contribution in [0.1, 0.15) is 5.56 Å². The largest absolute Gasteiger partial charge is 0.389 e. The van der Waals surface area contributed by atoms with Crippen molar-refractivity contribution >= 4 is 15.7 Å². The summed E-state index contributed by atoms with van der Waals surface area (Å²) in [5.74, 6) is -0.538. The van der Waals surface area contributed by atoms with E-state index in [-0.39, 0.29) is 24.3 Å². The van der Waals surface area contributed by atoms with E-state index in [0.29, 0.717) is 0 Å². The Morgan fingerprint density at radius 3 is 2.35 bits per heavy atom. The van der Waals surface area contributed by atoms with Gasteiger partial charge in [-0.2, -0.15) is 4.31 Å². The summed E-state index contributed by atoms with van der Waals surface area (Å²) < 4.78 is 25.2. The van der Waals surface area contributed by atoms with Crippen LogP contribution in [0.2, 0.25) is 0 Å². The molecule has 1 aliphatic heterocycles. The van der Waals surface area contributed by atoms with Gasteiger partial charge in [-0.3, -0.25) is 10.1 Å². The van der Waals surface area contributed by atoms with Crippen LogP contribution in [-0.4, -0.2) is 53.2 Å². The summed E-state index contributed by atoms with van der Waals surface area (Å²) in [6.07, 6.45) is -2.26. The molecule has 1 aromatic rings. The van der Waals surface area contributed by atoms with Gasteiger partial charge in [0, 0.05) is 24.7 Å². The number of β-amino-alcohol motifs (C(OH)–C–C–N with tert-alkyl or cyclic N) is 2. The number of sulfonamides is 1. The Hall–Kier alpha value is -1.55. The van der Waals surface area contributed by atoms with Gasteiger partial charge in [0.05, 0.1) is 22.9 Å². The van der Waals surface area contributed by atoms with Gasteiger partial charge in [-0.15, -0.1) is 0 Å². The smallest absolute Gasteiger partial charge is 0.273 e. The molecule has 0 unspecified atom stereocenters. The van der Waals surface area contributed by atoms with E-state index in [4.69, 9.17) is 0 Å². The second-order valence-electron chi connectivity index (χ2n) is 4.59. The molecule has 20 heavy (non-hydrogen) atoms. The van der Waals surface area contributed by atoms with Crippen LogP contribution in [0.4, 0.5) is 5.69 Å². The average molecular weight is 302 g/mol. The minimum absolute atomic E-state index is 0.0772. The van der Waals surface area contributed by atoms with Crippen LogP contribution in [0.15, 0.2) is 24.3 Å². The predicted octanol–water partition coefficient (Wildman–Crippen LogP) is -0.538. The fourth-order valence-corrected chi connectivity index (χ4v) is 3.64. The molecule has 9 heteroatoms. The van der Waals surface area contributed by atoms with E-state index >= 15 is 0 Å². The van der Waals surface area contributed by atoms with E-state index in [2.05, 4.69) is 0 Å². The lowest BCUT2D eigenvalue weighted by molar-refractivity contribution is -0.385. The molecule has 1 heterocycles. The fraction of sp³-hybridized carbons (Fsp3) is 0.455. The van der Waals surface area contributed by atoms with Crippen LogP contribution >= 0.6 is 0 Å². The molecule has 1 saturated heterocycles. The quantitative estimate of drug-likeness (QED) is 0.569. The van der Waals surface area contributed by atoms with Gasteiger partial charge in [0.15, 0.2) is 0 Å². The summed E-state index contributed by atoms with van der Waals surface area (Å²) in [5, 5.41) is 29.6. The van der Waals surface area contributed by atoms with Gasteiger partial charge >= 0.3 is 0 Å². The summed E-state index contributed by atoms with van der Waals surface area (Å²) in [6.45, 7) is -0.408. The standard InChI is InChI=1S/C11H14N2O6S/c14-10-5-12(6-11(10)15)20(18,19)7-8-3-1-2-4-9(8)13(16)17/h1-4,10-11,14-15H,5-7H2/t10-,11+. The SMILES string of the molecule is O=[N+]([O-])c1ccccc1CS(=O)(=O)N1C[C@@H](O)[C@@H](O)C1. The van der Waals surface area contributed by atoms with E-state index in [1.807, 2.05) is 0 Å². The molecule has 2 rings (SSSR count). The zero-order chi connectivity index (χ0) is 14.9. The number of rotatable bonds is 4. The third-order valence-corrected chi connectivity index (χ3v) is 4.91. The molecule has 1 fully saturated rings. The monoisotopic (exact) mass is 302 g/mol. The summed E-state index contributed by atoms with van der Waals surface area (Å²) >= 11 is 0. The molecule has 0 spiro atoms. The number of aliphatic hydroxyl groups excluding tert-OH is 2. The molecular formula is C11H14N2O6S. The van der Waals surface area contributed by atoms with Crippen molar-refractivity contribution in [3.8, 4) is 0 Å². The lowest BCUT2D eigenvalue weighted by Crippen LogP contribution is -2.31. The van der Waals surface area contributed by atoms with E-state index in [9.17, 15) is 28.7 Å². The van der Waals surface area contributed by atoms with Gasteiger partial charge in [-0.25, -0.2) is 8.42 Å². The molecule has 0 amide bonds. The zero-order valence-corrected chi connectivity index (χ0v) is 11.2. The molecule has 0 bridgehead atoms. The van der Waals surface area contributed by atoms with Crippen LogP contribution in [0, 0.1) is 10.1 Å². The summed E-state index contributed by atoms with van der Waals surface area (Å²) in [7, 11) is -3.83. The first-order valence-corrected chi connectivity index (χ1v) is 7.48. The first-order chi connectivity index (χ1) is 9.31. The van der Waals surface area contributed by atoms with Crippen molar-refractivity contribution in [2.45, 2.75) is 18.0 Å². The molecule has 2 atom stereocenters. The van der Waals surface area contributed by atoms with Crippen molar-refractivity contribution in [3.05, 3.63) is 39.9 Å². The third kappa shape index (κ3) is 2.96. The van der Waals surface area contributed by atoms with Crippen LogP contribution < -0.4 is 0 Å². The van der Waals surface area contributed by atoms with Gasteiger partial charge in [-0.05, 0) is 0 Å². The molecule has 2 N–H and O–H groups in total. The number of para-hydroxylation sites is 1. The molecule has 1 aromatic carbocycles. The van der Waals surface area contributed by atoms with E-state index < -0.39 is 32.9 Å². The van der Waals surface area contributed by atoms with Gasteiger partial charge in [0.2, 0.25) is 10.0 Å². The van der Waals surface area contributed by atoms with Crippen LogP contribution in [0.5, 0.6) is 0 Å². The third-order valence-electron chi connectivity index (χ3n) is 3.15. The maximum atomic E-state index is 12.1. The van der Waals surface area contributed by atoms with Crippen LogP contribution in [-0.2, 0) is 15.8 Å². The highest BCUT2D eigenvalue weighted by Gasteiger charge is 2.37. The average Bonchev–Trinajstić information content (AvgIpc) is 2.70. The van der Waals surface area contributed by atoms with E-state index in [1.165, 1.54) is 24.3 Å². The Kier molecular flexibility index (Phi) is 4.04. The van der Waals surface area contributed by atoms with E-state index in [1.54, 1.807) is 0 Å². The number of aliphatic hydroxyl groups is 2. The molecule has 110 valence electrons. The lowest BCUT2D eigenvalue weighted by Gasteiger charge is -2.15. The van der Waals surface area contributed by atoms with Crippen molar-refractivity contribution in [2.24, 2.45) is 0 Å². The number of nitro benzene ring substituents is 1. The molecular weight excluding hydrogens is 288 g/mol. The maximum absolute atomic E-state index is 12.1. The Balaban J connectivity index is 2.24. The topological polar surface area (TPSA) is 121 Å². The highest BCUT2D eigenvalue weighted by Crippen LogP contribution is 2.23. The fourth-order valence-electron chi connectivity index (χ4n) is 2.06. The number of nitro groups is 1. The second kappa shape index (κ2) is 5.44. The lowest BCUT2D eigenvalue weighted by atomic mass is 10.2. The van der Waals surface area contributed by atoms with Crippen molar-refractivity contribution in [1.82, 2.24) is 4.31 Å². The summed E-state index contributed by atoms with van der Waals surface area (Å²) in [4.78, 5) is 10.2. The first-order valence-electron chi connectivity index (χ1n) is 5.87. The Morgan fingerprint density at radius 1 is 1.25 bits per heavy atom. The Morgan fingerprint density at radius 2 is 1.80 bits per heavy atom. The van der Waals surface area contributed by atoms with Crippen molar-refractivity contribution in [3.63, 3.8) is 0 Å². The van der Waals surface area contributed by atoms with Crippen LogP contribution in [0.3, 0.4) is 0 Å². The highest BCUT2D eigenvalue weighted by atomic mass is 32.2. The van der Waals surface area contributed by atoms with Gasteiger partial charge in [-0.1, -0.05) is 18.2 Å². The zero-order valence-electron chi connectivity index (χ0n) is 10.4. The molecule has 8 nitrogen and oxygen atoms in total. The summed E-state index contributed by atoms with van der Waals surface area (Å²) in [6, 6.07) is 5.58. The van der Waals surface area contributed by atoms with Crippen LogP contribution in [0.25, 0.3) is 0 Å². The number of benzene rings is 1. The van der Waals surface area contributed by atoms with E-state index in [0.717, 1.165) is 4.31 Å². The number of hydrogen-bond donors (Lipinski definition) is 2. The highest BCUT2D eigenvalue weighted by molar-refractivity contribution is 7.88. The van der Waals surface area contributed by atoms with Crippen molar-refractivity contribution in [2.75, 3.05) is 13.1 Å². The van der Waals surface area contributed by atoms with Crippen molar-refractivity contribution < 1.29 is 23.6 Å². The first kappa shape index (κ1) is 14.9. The maximum Gasteiger partial charge on any atom is 0.273 e. The molecule has 0 aromatic heterocycles. The predicted molar refractivity (Wildman–Crippen MR) is 69.3 cm³/mol. The number of hydrogen-bond acceptors (Lipinski definition) is 6. The van der Waals surface area contributed by atoms with Gasteiger partial charge < -0.3 is 10.2 Å². The molecule has 0 radical (unpaired) electrons.